The van der Waals surface area contributed by atoms with Gasteiger partial charge in [-0.15, -0.1) is 0 Å². The van der Waals surface area contributed by atoms with Gasteiger partial charge in [-0.05, 0) is 12.8 Å². The lowest BCUT2D eigenvalue weighted by Crippen LogP contribution is -2.44. The van der Waals surface area contributed by atoms with Crippen LogP contribution in [0.25, 0.3) is 0 Å². The van der Waals surface area contributed by atoms with Crippen LogP contribution in [0.3, 0.4) is 0 Å². The van der Waals surface area contributed by atoms with Crippen LogP contribution in [-0.2, 0) is 9.59 Å². The molecule has 1 saturated heterocycles. The molecule has 3 atom stereocenters. The van der Waals surface area contributed by atoms with Gasteiger partial charge in [-0.25, -0.2) is 0 Å². The Labute approximate surface area is 100 Å². The molecule has 3 unspecified atom stereocenters. The first-order valence-corrected chi connectivity index (χ1v) is 6.30. The number of carboxylic acids is 1. The van der Waals surface area contributed by atoms with E-state index in [1.807, 2.05) is 0 Å². The van der Waals surface area contributed by atoms with Crippen LogP contribution in [0.5, 0.6) is 0 Å². The number of likely N-dealkylation sites (tertiary alicyclic amines) is 1. The molecule has 1 heterocycles. The molecule has 96 valence electrons. The molecule has 5 heteroatoms. The zero-order chi connectivity index (χ0) is 12.4. The molecule has 2 aliphatic rings. The Morgan fingerprint density at radius 3 is 2.59 bits per heavy atom. The molecule has 1 saturated carbocycles. The van der Waals surface area contributed by atoms with Crippen LogP contribution < -0.4 is 0 Å². The molecule has 0 radical (unpaired) electrons. The summed E-state index contributed by atoms with van der Waals surface area (Å²) in [7, 11) is 0. The predicted molar refractivity (Wildman–Crippen MR) is 60.3 cm³/mol. The fourth-order valence-corrected chi connectivity index (χ4v) is 2.85. The predicted octanol–water partition coefficient (Wildman–Crippen LogP) is 0.613. The average molecular weight is 241 g/mol. The van der Waals surface area contributed by atoms with E-state index in [1.54, 1.807) is 4.90 Å². The Kier molecular flexibility index (Phi) is 3.66. The highest BCUT2D eigenvalue weighted by atomic mass is 16.4. The van der Waals surface area contributed by atoms with Gasteiger partial charge in [0, 0.05) is 13.0 Å². The third-order valence-electron chi connectivity index (χ3n) is 3.85. The van der Waals surface area contributed by atoms with Crippen LogP contribution >= 0.6 is 0 Å². The number of hydrogen-bond donors (Lipinski definition) is 2. The van der Waals surface area contributed by atoms with Gasteiger partial charge in [-0.1, -0.05) is 19.3 Å². The Hall–Kier alpha value is -1.10. The van der Waals surface area contributed by atoms with Gasteiger partial charge in [0.05, 0.1) is 18.1 Å². The number of nitrogens with zero attached hydrogens (tertiary/aromatic N) is 1. The summed E-state index contributed by atoms with van der Waals surface area (Å²) >= 11 is 0. The second-order valence-corrected chi connectivity index (χ2v) is 5.06. The second-order valence-electron chi connectivity index (χ2n) is 5.06. The molecular weight excluding hydrogens is 222 g/mol. The van der Waals surface area contributed by atoms with E-state index in [2.05, 4.69) is 0 Å². The summed E-state index contributed by atoms with van der Waals surface area (Å²) in [4.78, 5) is 24.3. The van der Waals surface area contributed by atoms with Gasteiger partial charge in [0.25, 0.3) is 0 Å². The zero-order valence-corrected chi connectivity index (χ0v) is 9.84. The molecule has 1 aliphatic carbocycles. The third kappa shape index (κ3) is 2.60. The van der Waals surface area contributed by atoms with E-state index >= 15 is 0 Å². The number of carboxylic acid groups (broad SMARTS) is 1. The Morgan fingerprint density at radius 1 is 1.24 bits per heavy atom. The second kappa shape index (κ2) is 5.04. The minimum Gasteiger partial charge on any atom is -0.481 e. The van der Waals surface area contributed by atoms with E-state index in [4.69, 9.17) is 5.11 Å². The van der Waals surface area contributed by atoms with Crippen molar-refractivity contribution in [3.05, 3.63) is 0 Å². The van der Waals surface area contributed by atoms with Crippen LogP contribution in [0.1, 0.15) is 38.5 Å². The Morgan fingerprint density at radius 2 is 1.94 bits per heavy atom. The van der Waals surface area contributed by atoms with Crippen molar-refractivity contribution in [1.82, 2.24) is 4.90 Å². The summed E-state index contributed by atoms with van der Waals surface area (Å²) < 4.78 is 0. The lowest BCUT2D eigenvalue weighted by molar-refractivity contribution is -0.141. The van der Waals surface area contributed by atoms with Gasteiger partial charge in [-0.2, -0.15) is 0 Å². The number of aliphatic hydroxyl groups is 1. The molecule has 5 nitrogen and oxygen atoms in total. The maximum absolute atomic E-state index is 11.8. The monoisotopic (exact) mass is 241 g/mol. The molecule has 1 amide bonds. The number of aliphatic carboxylic acids is 1. The van der Waals surface area contributed by atoms with Crippen LogP contribution in [0.4, 0.5) is 0 Å². The van der Waals surface area contributed by atoms with Crippen molar-refractivity contribution in [2.75, 3.05) is 6.54 Å². The number of aliphatic hydroxyl groups excluding tert-OH is 1. The summed E-state index contributed by atoms with van der Waals surface area (Å²) in [6, 6.07) is -0.172. The maximum atomic E-state index is 11.8. The average Bonchev–Trinajstić information content (AvgIpc) is 2.53. The Balaban J connectivity index is 2.05. The molecule has 0 spiro atoms. The van der Waals surface area contributed by atoms with E-state index in [-0.39, 0.29) is 24.9 Å². The summed E-state index contributed by atoms with van der Waals surface area (Å²) in [6.45, 7) is 0.260. The zero-order valence-electron chi connectivity index (χ0n) is 9.84. The molecule has 1 aliphatic heterocycles. The number of amides is 1. The van der Waals surface area contributed by atoms with Crippen LogP contribution in [-0.4, -0.2) is 45.7 Å². The lowest BCUT2D eigenvalue weighted by atomic mass is 10.0. The quantitative estimate of drug-likeness (QED) is 0.694. The maximum Gasteiger partial charge on any atom is 0.308 e. The molecule has 2 rings (SSSR count). The fourth-order valence-electron chi connectivity index (χ4n) is 2.85. The SMILES string of the molecule is O=C(O)C1CC(=O)N(C2CCCCCC2O)C1. The van der Waals surface area contributed by atoms with Crippen molar-refractivity contribution in [2.24, 2.45) is 5.92 Å². The highest BCUT2D eigenvalue weighted by molar-refractivity contribution is 5.86. The van der Waals surface area contributed by atoms with Crippen molar-refractivity contribution in [1.29, 1.82) is 0 Å². The van der Waals surface area contributed by atoms with E-state index in [0.717, 1.165) is 25.7 Å². The number of hydrogen-bond acceptors (Lipinski definition) is 3. The molecular formula is C12H19NO4. The Bertz CT molecular complexity index is 318. The lowest BCUT2D eigenvalue weighted by Gasteiger charge is -2.30. The summed E-state index contributed by atoms with van der Waals surface area (Å²) in [6.07, 6.45) is 4.17. The van der Waals surface area contributed by atoms with Crippen LogP contribution in [0.2, 0.25) is 0 Å². The van der Waals surface area contributed by atoms with Crippen molar-refractivity contribution < 1.29 is 19.8 Å². The van der Waals surface area contributed by atoms with Gasteiger partial charge in [0.15, 0.2) is 0 Å². The van der Waals surface area contributed by atoms with Gasteiger partial charge >= 0.3 is 5.97 Å². The highest BCUT2D eigenvalue weighted by Gasteiger charge is 2.40. The summed E-state index contributed by atoms with van der Waals surface area (Å²) in [5.41, 5.74) is 0. The normalized spacial score (nSPS) is 34.8. The molecule has 0 aromatic rings. The molecule has 2 N–H and O–H groups in total. The fraction of sp³-hybridized carbons (Fsp3) is 0.833. The van der Waals surface area contributed by atoms with Crippen molar-refractivity contribution in [2.45, 2.75) is 50.7 Å². The van der Waals surface area contributed by atoms with E-state index < -0.39 is 18.0 Å². The summed E-state index contributed by atoms with van der Waals surface area (Å²) in [5.74, 6) is -1.63. The van der Waals surface area contributed by atoms with E-state index in [9.17, 15) is 14.7 Å². The highest BCUT2D eigenvalue weighted by Crippen LogP contribution is 2.28. The number of carbonyl (C=O) groups is 2. The summed E-state index contributed by atoms with van der Waals surface area (Å²) in [5, 5.41) is 18.9. The molecule has 0 bridgehead atoms. The minimum atomic E-state index is -0.913. The van der Waals surface area contributed by atoms with Gasteiger partial charge in [0.2, 0.25) is 5.91 Å². The number of carbonyl (C=O) groups excluding carboxylic acids is 1. The largest absolute Gasteiger partial charge is 0.481 e. The van der Waals surface area contributed by atoms with Crippen molar-refractivity contribution in [3.63, 3.8) is 0 Å². The van der Waals surface area contributed by atoms with Crippen molar-refractivity contribution in [3.8, 4) is 0 Å². The van der Waals surface area contributed by atoms with E-state index in [0.29, 0.717) is 6.42 Å². The van der Waals surface area contributed by atoms with Crippen LogP contribution in [0.15, 0.2) is 0 Å². The van der Waals surface area contributed by atoms with Crippen LogP contribution in [0, 0.1) is 5.92 Å². The minimum absolute atomic E-state index is 0.0819. The van der Waals surface area contributed by atoms with Gasteiger partial charge < -0.3 is 15.1 Å². The van der Waals surface area contributed by atoms with Gasteiger partial charge in [0.1, 0.15) is 0 Å². The standard InChI is InChI=1S/C12H19NO4/c14-10-5-3-1-2-4-9(10)13-7-8(12(16)17)6-11(13)15/h8-10,14H,1-7H2,(H,16,17). The number of rotatable bonds is 2. The van der Waals surface area contributed by atoms with Crippen molar-refractivity contribution >= 4 is 11.9 Å². The van der Waals surface area contributed by atoms with E-state index in [1.165, 1.54) is 0 Å². The molecule has 2 fully saturated rings. The van der Waals surface area contributed by atoms with Gasteiger partial charge in [-0.3, -0.25) is 9.59 Å². The smallest absolute Gasteiger partial charge is 0.308 e. The molecule has 0 aromatic heterocycles. The first-order chi connectivity index (χ1) is 8.09. The molecule has 17 heavy (non-hydrogen) atoms. The molecule has 0 aromatic carbocycles. The topological polar surface area (TPSA) is 77.8 Å². The first-order valence-electron chi connectivity index (χ1n) is 6.30. The third-order valence-corrected chi connectivity index (χ3v) is 3.85. The first kappa shape index (κ1) is 12.4.